The first-order valence-corrected chi connectivity index (χ1v) is 7.22. The zero-order valence-electron chi connectivity index (χ0n) is 12.6. The lowest BCUT2D eigenvalue weighted by atomic mass is 10.2. The predicted octanol–water partition coefficient (Wildman–Crippen LogP) is 4.12. The molecule has 0 radical (unpaired) electrons. The number of nitrogens with one attached hydrogen (secondary N) is 1. The third kappa shape index (κ3) is 7.68. The van der Waals surface area contributed by atoms with E-state index in [4.69, 9.17) is 4.74 Å². The Morgan fingerprint density at radius 3 is 2.37 bits per heavy atom. The van der Waals surface area contributed by atoms with Gasteiger partial charge in [-0.15, -0.1) is 0 Å². The van der Waals surface area contributed by atoms with Crippen molar-refractivity contribution in [1.29, 1.82) is 0 Å². The van der Waals surface area contributed by atoms with E-state index in [0.717, 1.165) is 31.2 Å². The normalized spacial score (nSPS) is 11.7. The van der Waals surface area contributed by atoms with Gasteiger partial charge >= 0.3 is 0 Å². The van der Waals surface area contributed by atoms with Gasteiger partial charge in [0.15, 0.2) is 0 Å². The summed E-state index contributed by atoms with van der Waals surface area (Å²) >= 11 is 0. The molecule has 2 nitrogen and oxygen atoms in total. The molecule has 0 saturated heterocycles. The average molecular weight is 261 g/mol. The molecule has 0 spiro atoms. The Kier molecular flexibility index (Phi) is 7.27. The van der Waals surface area contributed by atoms with Crippen LogP contribution in [0.15, 0.2) is 30.3 Å². The van der Waals surface area contributed by atoms with Gasteiger partial charge in [0.05, 0.1) is 6.10 Å². The largest absolute Gasteiger partial charge is 0.491 e. The minimum absolute atomic E-state index is 0.230. The molecule has 0 heterocycles. The summed E-state index contributed by atoms with van der Waals surface area (Å²) < 4.78 is 5.62. The van der Waals surface area contributed by atoms with Crippen LogP contribution in [0.1, 0.15) is 39.7 Å². The van der Waals surface area contributed by atoms with Crippen molar-refractivity contribution in [2.75, 3.05) is 13.1 Å². The fourth-order valence-electron chi connectivity index (χ4n) is 1.73. The Bertz CT molecular complexity index is 365. The van der Waals surface area contributed by atoms with Crippen molar-refractivity contribution in [3.63, 3.8) is 0 Å². The monoisotopic (exact) mass is 261 g/mol. The summed E-state index contributed by atoms with van der Waals surface area (Å²) in [5.74, 6) is 1.66. The molecule has 0 aliphatic heterocycles. The lowest BCUT2D eigenvalue weighted by Gasteiger charge is -2.09. The second-order valence-electron chi connectivity index (χ2n) is 5.52. The molecule has 0 saturated carbocycles. The van der Waals surface area contributed by atoms with Crippen molar-refractivity contribution in [3.05, 3.63) is 35.9 Å². The first-order valence-electron chi connectivity index (χ1n) is 7.22. The Balaban J connectivity index is 2.28. The van der Waals surface area contributed by atoms with Crippen LogP contribution in [0.3, 0.4) is 0 Å². The maximum Gasteiger partial charge on any atom is 0.119 e. The van der Waals surface area contributed by atoms with E-state index in [0.29, 0.717) is 0 Å². The van der Waals surface area contributed by atoms with Gasteiger partial charge in [-0.05, 0) is 57.0 Å². The molecule has 1 rings (SSSR count). The van der Waals surface area contributed by atoms with Gasteiger partial charge in [0.25, 0.3) is 0 Å². The van der Waals surface area contributed by atoms with Gasteiger partial charge < -0.3 is 10.1 Å². The molecule has 0 amide bonds. The molecule has 1 N–H and O–H groups in total. The molecule has 0 bridgehead atoms. The molecule has 106 valence electrons. The van der Waals surface area contributed by atoms with Crippen LogP contribution in [0.5, 0.6) is 5.75 Å². The zero-order chi connectivity index (χ0) is 14.1. The van der Waals surface area contributed by atoms with Crippen LogP contribution in [-0.2, 0) is 0 Å². The molecule has 0 atom stereocenters. The summed E-state index contributed by atoms with van der Waals surface area (Å²) in [6.07, 6.45) is 5.67. The lowest BCUT2D eigenvalue weighted by molar-refractivity contribution is 0.242. The highest BCUT2D eigenvalue weighted by Gasteiger charge is 1.96. The van der Waals surface area contributed by atoms with Crippen molar-refractivity contribution >= 4 is 6.08 Å². The van der Waals surface area contributed by atoms with Crippen LogP contribution >= 0.6 is 0 Å². The van der Waals surface area contributed by atoms with E-state index in [1.54, 1.807) is 0 Å². The first-order chi connectivity index (χ1) is 9.08. The van der Waals surface area contributed by atoms with E-state index >= 15 is 0 Å². The van der Waals surface area contributed by atoms with Gasteiger partial charge in [-0.25, -0.2) is 0 Å². The Hall–Kier alpha value is -1.28. The summed E-state index contributed by atoms with van der Waals surface area (Å²) in [4.78, 5) is 0. The Morgan fingerprint density at radius 2 is 1.79 bits per heavy atom. The van der Waals surface area contributed by atoms with E-state index in [1.807, 2.05) is 26.0 Å². The summed E-state index contributed by atoms with van der Waals surface area (Å²) in [6.45, 7) is 10.7. The van der Waals surface area contributed by atoms with E-state index in [2.05, 4.69) is 43.4 Å². The molecule has 2 heteroatoms. The third-order valence-electron chi connectivity index (χ3n) is 2.60. The molecule has 19 heavy (non-hydrogen) atoms. The molecule has 0 fully saturated rings. The highest BCUT2D eigenvalue weighted by molar-refractivity contribution is 5.50. The number of hydrogen-bond acceptors (Lipinski definition) is 2. The van der Waals surface area contributed by atoms with Crippen molar-refractivity contribution in [2.24, 2.45) is 5.92 Å². The number of benzene rings is 1. The van der Waals surface area contributed by atoms with Crippen molar-refractivity contribution in [3.8, 4) is 5.75 Å². The fraction of sp³-hybridized carbons (Fsp3) is 0.529. The van der Waals surface area contributed by atoms with Gasteiger partial charge in [0.2, 0.25) is 0 Å². The van der Waals surface area contributed by atoms with Gasteiger partial charge in [0, 0.05) is 0 Å². The van der Waals surface area contributed by atoms with Crippen LogP contribution in [0.25, 0.3) is 6.08 Å². The average Bonchev–Trinajstić information content (AvgIpc) is 2.34. The summed E-state index contributed by atoms with van der Waals surface area (Å²) in [5.41, 5.74) is 1.22. The van der Waals surface area contributed by atoms with E-state index in [9.17, 15) is 0 Å². The first kappa shape index (κ1) is 15.8. The molecule has 1 aromatic rings. The van der Waals surface area contributed by atoms with Crippen LogP contribution in [0, 0.1) is 5.92 Å². The van der Waals surface area contributed by atoms with Crippen LogP contribution < -0.4 is 10.1 Å². The summed E-state index contributed by atoms with van der Waals surface area (Å²) in [6, 6.07) is 8.24. The molecule has 0 aliphatic carbocycles. The van der Waals surface area contributed by atoms with Gasteiger partial charge in [-0.3, -0.25) is 0 Å². The molecule has 0 aromatic heterocycles. The zero-order valence-corrected chi connectivity index (χ0v) is 12.6. The van der Waals surface area contributed by atoms with Crippen molar-refractivity contribution < 1.29 is 4.74 Å². The lowest BCUT2D eigenvalue weighted by Crippen LogP contribution is -2.20. The van der Waals surface area contributed by atoms with Crippen LogP contribution in [-0.4, -0.2) is 19.2 Å². The molecule has 0 unspecified atom stereocenters. The standard InChI is InChI=1S/C17H27NO/c1-14(2)13-18-12-6-5-7-16-8-10-17(11-9-16)19-15(3)4/h5,7-11,14-15,18H,6,12-13H2,1-4H3. The number of hydrogen-bond donors (Lipinski definition) is 1. The second kappa shape index (κ2) is 8.76. The molecular formula is C17H27NO. The van der Waals surface area contributed by atoms with Gasteiger partial charge in [-0.2, -0.15) is 0 Å². The number of rotatable bonds is 8. The highest BCUT2D eigenvalue weighted by atomic mass is 16.5. The Morgan fingerprint density at radius 1 is 1.11 bits per heavy atom. The maximum absolute atomic E-state index is 5.62. The van der Waals surface area contributed by atoms with Crippen molar-refractivity contribution in [2.45, 2.75) is 40.2 Å². The van der Waals surface area contributed by atoms with Gasteiger partial charge in [-0.1, -0.05) is 38.1 Å². The molecular weight excluding hydrogens is 234 g/mol. The maximum atomic E-state index is 5.62. The smallest absolute Gasteiger partial charge is 0.119 e. The molecule has 0 aliphatic rings. The van der Waals surface area contributed by atoms with E-state index < -0.39 is 0 Å². The second-order valence-corrected chi connectivity index (χ2v) is 5.52. The summed E-state index contributed by atoms with van der Waals surface area (Å²) in [5, 5.41) is 3.43. The SMILES string of the molecule is CC(C)CNCCC=Cc1ccc(OC(C)C)cc1. The molecule has 1 aromatic carbocycles. The fourth-order valence-corrected chi connectivity index (χ4v) is 1.73. The number of ether oxygens (including phenoxy) is 1. The quantitative estimate of drug-likeness (QED) is 0.711. The van der Waals surface area contributed by atoms with E-state index in [1.165, 1.54) is 5.56 Å². The van der Waals surface area contributed by atoms with Crippen LogP contribution in [0.4, 0.5) is 0 Å². The minimum atomic E-state index is 0.230. The minimum Gasteiger partial charge on any atom is -0.491 e. The Labute approximate surface area is 117 Å². The van der Waals surface area contributed by atoms with Crippen molar-refractivity contribution in [1.82, 2.24) is 5.32 Å². The summed E-state index contributed by atoms with van der Waals surface area (Å²) in [7, 11) is 0. The van der Waals surface area contributed by atoms with Crippen LogP contribution in [0.2, 0.25) is 0 Å². The predicted molar refractivity (Wildman–Crippen MR) is 83.6 cm³/mol. The topological polar surface area (TPSA) is 21.3 Å². The third-order valence-corrected chi connectivity index (χ3v) is 2.60. The van der Waals surface area contributed by atoms with Gasteiger partial charge in [0.1, 0.15) is 5.75 Å². The van der Waals surface area contributed by atoms with E-state index in [-0.39, 0.29) is 6.10 Å². The highest BCUT2D eigenvalue weighted by Crippen LogP contribution is 2.14.